The number of ether oxygens (including phenoxy) is 1. The van der Waals surface area contributed by atoms with Gasteiger partial charge in [0.15, 0.2) is 0 Å². The van der Waals surface area contributed by atoms with E-state index in [1.54, 1.807) is 0 Å². The van der Waals surface area contributed by atoms with Crippen molar-refractivity contribution in [2.24, 2.45) is 33.5 Å². The molecule has 7 atom stereocenters. The molecule has 3 fully saturated rings. The number of rotatable bonds is 2. The van der Waals surface area contributed by atoms with Crippen molar-refractivity contribution >= 4 is 17.6 Å². The number of fused-ring (bicyclic) bond motifs is 3. The third kappa shape index (κ3) is 2.32. The Bertz CT molecular complexity index is 643. The first kappa shape index (κ1) is 18.8. The summed E-state index contributed by atoms with van der Waals surface area (Å²) in [6.07, 6.45) is 10.2. The molecule has 4 aliphatic rings. The normalized spacial score (nSPS) is 51.5. The maximum absolute atomic E-state index is 11.9. The zero-order chi connectivity index (χ0) is 19.0. The summed E-state index contributed by atoms with van der Waals surface area (Å²) in [5.41, 5.74) is -0.0192. The molecule has 2 bridgehead atoms. The van der Waals surface area contributed by atoms with Gasteiger partial charge in [0.2, 0.25) is 0 Å². The van der Waals surface area contributed by atoms with Gasteiger partial charge in [-0.1, -0.05) is 32.9 Å². The van der Waals surface area contributed by atoms with Crippen molar-refractivity contribution in [3.8, 4) is 0 Å². The minimum absolute atomic E-state index is 0.0510. The molecule has 0 aliphatic heterocycles. The molecule has 0 heterocycles. The van der Waals surface area contributed by atoms with E-state index in [1.807, 2.05) is 0 Å². The Hall–Kier alpha value is -0.540. The van der Waals surface area contributed by atoms with E-state index in [0.717, 1.165) is 38.5 Å². The Balaban J connectivity index is 1.79. The third-order valence-corrected chi connectivity index (χ3v) is 9.36. The minimum atomic E-state index is -0.407. The summed E-state index contributed by atoms with van der Waals surface area (Å²) < 4.78 is 5.93. The highest BCUT2D eigenvalue weighted by atomic mass is 35.5. The second-order valence-corrected chi connectivity index (χ2v) is 10.8. The number of esters is 1. The molecule has 1 spiro atoms. The van der Waals surface area contributed by atoms with Gasteiger partial charge in [0, 0.05) is 23.6 Å². The van der Waals surface area contributed by atoms with Gasteiger partial charge in [-0.05, 0) is 61.2 Å². The van der Waals surface area contributed by atoms with Crippen LogP contribution in [0.15, 0.2) is 12.2 Å². The number of hydrogen-bond donors (Lipinski definition) is 1. The number of aliphatic hydroxyl groups is 1. The standard InChI is InChI=1S/C22H33ClO3/c1-14(24)26-18-6-7-19(2,3)15-5-8-21-9-10-22(12-21,13-23)17(25)11-16(21)20(15,18)4/h9-10,15-18,25H,5-8,11-13H2,1-4H3/t15?,16-,17+,18-,20+,21-,22+/m0/s1. The molecule has 0 radical (unpaired) electrons. The summed E-state index contributed by atoms with van der Waals surface area (Å²) in [6.45, 7) is 8.64. The van der Waals surface area contributed by atoms with Crippen molar-refractivity contribution in [3.63, 3.8) is 0 Å². The van der Waals surface area contributed by atoms with Gasteiger partial charge >= 0.3 is 5.97 Å². The highest BCUT2D eigenvalue weighted by Gasteiger charge is 2.68. The lowest BCUT2D eigenvalue weighted by Crippen LogP contribution is -2.64. The molecule has 4 aliphatic carbocycles. The Kier molecular flexibility index (Phi) is 4.15. The van der Waals surface area contributed by atoms with E-state index < -0.39 is 6.10 Å². The first-order valence-electron chi connectivity index (χ1n) is 10.2. The van der Waals surface area contributed by atoms with Crippen LogP contribution in [0.5, 0.6) is 0 Å². The van der Waals surface area contributed by atoms with Gasteiger partial charge < -0.3 is 9.84 Å². The van der Waals surface area contributed by atoms with Crippen LogP contribution in [0, 0.1) is 33.5 Å². The second-order valence-electron chi connectivity index (χ2n) is 10.5. The Morgan fingerprint density at radius 3 is 2.58 bits per heavy atom. The van der Waals surface area contributed by atoms with E-state index in [9.17, 15) is 9.90 Å². The molecule has 1 unspecified atom stereocenters. The first-order valence-corrected chi connectivity index (χ1v) is 10.7. The topological polar surface area (TPSA) is 46.5 Å². The van der Waals surface area contributed by atoms with Crippen LogP contribution in [0.25, 0.3) is 0 Å². The zero-order valence-electron chi connectivity index (χ0n) is 16.6. The van der Waals surface area contributed by atoms with Gasteiger partial charge in [-0.3, -0.25) is 4.79 Å². The van der Waals surface area contributed by atoms with Crippen LogP contribution in [0.2, 0.25) is 0 Å². The second kappa shape index (κ2) is 5.73. The van der Waals surface area contributed by atoms with Crippen LogP contribution in [0.4, 0.5) is 0 Å². The maximum atomic E-state index is 11.9. The summed E-state index contributed by atoms with van der Waals surface area (Å²) in [6, 6.07) is 0. The SMILES string of the molecule is CC(=O)O[C@H]1CCC(C)(C)C2CC[C@]34C=C[C@](CCl)(C3)[C@H](O)C[C@H]4[C@@]21C. The lowest BCUT2D eigenvalue weighted by Gasteiger charge is -2.66. The van der Waals surface area contributed by atoms with Crippen LogP contribution in [0.3, 0.4) is 0 Å². The lowest BCUT2D eigenvalue weighted by molar-refractivity contribution is -0.220. The highest BCUT2D eigenvalue weighted by Crippen LogP contribution is 2.72. The lowest BCUT2D eigenvalue weighted by atomic mass is 9.39. The molecule has 3 nitrogen and oxygen atoms in total. The van der Waals surface area contributed by atoms with Gasteiger partial charge in [0.1, 0.15) is 6.10 Å². The molecule has 1 N–H and O–H groups in total. The fourth-order valence-corrected chi connectivity index (χ4v) is 8.01. The fourth-order valence-electron chi connectivity index (χ4n) is 7.65. The predicted octanol–water partition coefficient (Wildman–Crippen LogP) is 4.71. The Labute approximate surface area is 162 Å². The summed E-state index contributed by atoms with van der Waals surface area (Å²) >= 11 is 6.32. The minimum Gasteiger partial charge on any atom is -0.462 e. The van der Waals surface area contributed by atoms with Gasteiger partial charge in [0.05, 0.1) is 6.10 Å². The molecule has 4 heteroatoms. The van der Waals surface area contributed by atoms with E-state index in [0.29, 0.717) is 17.7 Å². The largest absolute Gasteiger partial charge is 0.462 e. The van der Waals surface area contributed by atoms with Crippen molar-refractivity contribution in [1.82, 2.24) is 0 Å². The molecule has 0 aromatic heterocycles. The van der Waals surface area contributed by atoms with Gasteiger partial charge in [-0.15, -0.1) is 11.6 Å². The molecule has 4 rings (SSSR count). The van der Waals surface area contributed by atoms with Crippen LogP contribution in [-0.2, 0) is 9.53 Å². The van der Waals surface area contributed by atoms with Gasteiger partial charge in [-0.2, -0.15) is 0 Å². The third-order valence-electron chi connectivity index (χ3n) is 8.87. The fraction of sp³-hybridized carbons (Fsp3) is 0.864. The van der Waals surface area contributed by atoms with Crippen molar-refractivity contribution in [1.29, 1.82) is 0 Å². The van der Waals surface area contributed by atoms with E-state index in [4.69, 9.17) is 16.3 Å². The van der Waals surface area contributed by atoms with Crippen LogP contribution in [0.1, 0.15) is 66.2 Å². The number of allylic oxidation sites excluding steroid dienone is 1. The van der Waals surface area contributed by atoms with Crippen molar-refractivity contribution in [2.75, 3.05) is 5.88 Å². The van der Waals surface area contributed by atoms with E-state index >= 15 is 0 Å². The molecule has 0 aromatic rings. The predicted molar refractivity (Wildman–Crippen MR) is 103 cm³/mol. The van der Waals surface area contributed by atoms with Crippen LogP contribution < -0.4 is 0 Å². The number of carbonyl (C=O) groups excluding carboxylic acids is 1. The van der Waals surface area contributed by atoms with Gasteiger partial charge in [-0.25, -0.2) is 0 Å². The zero-order valence-corrected chi connectivity index (χ0v) is 17.3. The molecular formula is C22H33ClO3. The quantitative estimate of drug-likeness (QED) is 0.429. The number of hydrogen-bond acceptors (Lipinski definition) is 3. The highest BCUT2D eigenvalue weighted by molar-refractivity contribution is 6.18. The summed E-state index contributed by atoms with van der Waals surface area (Å²) in [7, 11) is 0. The summed E-state index contributed by atoms with van der Waals surface area (Å²) in [5, 5.41) is 11.0. The molecule has 26 heavy (non-hydrogen) atoms. The smallest absolute Gasteiger partial charge is 0.302 e. The average molecular weight is 381 g/mol. The number of alkyl halides is 1. The number of halogens is 1. The number of aliphatic hydroxyl groups excluding tert-OH is 1. The van der Waals surface area contributed by atoms with Gasteiger partial charge in [0.25, 0.3) is 0 Å². The van der Waals surface area contributed by atoms with Crippen molar-refractivity contribution in [2.45, 2.75) is 78.4 Å². The maximum Gasteiger partial charge on any atom is 0.302 e. The van der Waals surface area contributed by atoms with E-state index in [-0.39, 0.29) is 33.7 Å². The monoisotopic (exact) mass is 380 g/mol. The molecule has 0 aromatic carbocycles. The molecule has 0 saturated heterocycles. The Morgan fingerprint density at radius 1 is 1.19 bits per heavy atom. The van der Waals surface area contributed by atoms with Crippen LogP contribution >= 0.6 is 11.6 Å². The number of carbonyl (C=O) groups is 1. The average Bonchev–Trinajstić information content (AvgIpc) is 2.89. The molecular weight excluding hydrogens is 348 g/mol. The van der Waals surface area contributed by atoms with E-state index in [2.05, 4.69) is 32.9 Å². The van der Waals surface area contributed by atoms with E-state index in [1.165, 1.54) is 6.92 Å². The molecule has 3 saturated carbocycles. The van der Waals surface area contributed by atoms with Crippen molar-refractivity contribution in [3.05, 3.63) is 12.2 Å². The summed E-state index contributed by atoms with van der Waals surface area (Å²) in [4.78, 5) is 11.9. The summed E-state index contributed by atoms with van der Waals surface area (Å²) in [5.74, 6) is 1.15. The first-order chi connectivity index (χ1) is 12.1. The molecule has 0 amide bonds. The van der Waals surface area contributed by atoms with Crippen molar-refractivity contribution < 1.29 is 14.6 Å². The molecule has 146 valence electrons. The van der Waals surface area contributed by atoms with Crippen LogP contribution in [-0.4, -0.2) is 29.2 Å². The Morgan fingerprint density at radius 2 is 1.92 bits per heavy atom.